The first kappa shape index (κ1) is 13.9. The Kier molecular flexibility index (Phi) is 7.15. The number of hydrogen-bond acceptors (Lipinski definition) is 3. The monoisotopic (exact) mass is 203 g/mol. The van der Waals surface area contributed by atoms with Gasteiger partial charge in [0.15, 0.2) is 0 Å². The number of hydrogen-bond donors (Lipinski definition) is 2. The van der Waals surface area contributed by atoms with Crippen LogP contribution in [0.1, 0.15) is 40.5 Å². The standard InChI is InChI=1S/C11H25NO2/c1-5-11(13,6-2)9-14-8-7-12-10(3)4/h10,12-13H,5-9H2,1-4H3. The summed E-state index contributed by atoms with van der Waals surface area (Å²) >= 11 is 0. The molecular weight excluding hydrogens is 178 g/mol. The average molecular weight is 203 g/mol. The van der Waals surface area contributed by atoms with Crippen molar-refractivity contribution in [3.63, 3.8) is 0 Å². The summed E-state index contributed by atoms with van der Waals surface area (Å²) in [4.78, 5) is 0. The van der Waals surface area contributed by atoms with Crippen molar-refractivity contribution in [2.45, 2.75) is 52.2 Å². The highest BCUT2D eigenvalue weighted by atomic mass is 16.5. The lowest BCUT2D eigenvalue weighted by Crippen LogP contribution is -2.34. The second-order valence-electron chi connectivity index (χ2n) is 4.09. The maximum Gasteiger partial charge on any atom is 0.0874 e. The third kappa shape index (κ3) is 6.35. The third-order valence-electron chi connectivity index (χ3n) is 2.49. The third-order valence-corrected chi connectivity index (χ3v) is 2.49. The van der Waals surface area contributed by atoms with Gasteiger partial charge in [0, 0.05) is 12.6 Å². The fourth-order valence-corrected chi connectivity index (χ4v) is 1.14. The molecule has 0 bridgehead atoms. The molecule has 0 saturated carbocycles. The summed E-state index contributed by atoms with van der Waals surface area (Å²) in [6.07, 6.45) is 1.50. The van der Waals surface area contributed by atoms with Crippen LogP contribution in [-0.4, -0.2) is 36.5 Å². The smallest absolute Gasteiger partial charge is 0.0874 e. The van der Waals surface area contributed by atoms with E-state index in [2.05, 4.69) is 19.2 Å². The first-order valence-electron chi connectivity index (χ1n) is 5.57. The lowest BCUT2D eigenvalue weighted by Gasteiger charge is -2.24. The molecular formula is C11H25NO2. The van der Waals surface area contributed by atoms with Crippen LogP contribution >= 0.6 is 0 Å². The van der Waals surface area contributed by atoms with Crippen molar-refractivity contribution in [3.05, 3.63) is 0 Å². The molecule has 0 aromatic rings. The minimum absolute atomic E-state index is 0.444. The van der Waals surface area contributed by atoms with E-state index in [0.29, 0.717) is 19.3 Å². The molecule has 3 nitrogen and oxygen atoms in total. The summed E-state index contributed by atoms with van der Waals surface area (Å²) in [6, 6.07) is 0.495. The molecule has 14 heavy (non-hydrogen) atoms. The topological polar surface area (TPSA) is 41.5 Å². The molecule has 0 aromatic carbocycles. The molecule has 0 radical (unpaired) electrons. The maximum absolute atomic E-state index is 9.89. The number of nitrogens with one attached hydrogen (secondary N) is 1. The minimum Gasteiger partial charge on any atom is -0.388 e. The van der Waals surface area contributed by atoms with Crippen molar-refractivity contribution < 1.29 is 9.84 Å². The molecule has 0 spiro atoms. The minimum atomic E-state index is -0.627. The average Bonchev–Trinajstić information content (AvgIpc) is 2.16. The highest BCUT2D eigenvalue weighted by Gasteiger charge is 2.21. The van der Waals surface area contributed by atoms with E-state index >= 15 is 0 Å². The lowest BCUT2D eigenvalue weighted by atomic mass is 9.99. The lowest BCUT2D eigenvalue weighted by molar-refractivity contribution is -0.0503. The Bertz CT molecular complexity index is 133. The second-order valence-corrected chi connectivity index (χ2v) is 4.09. The Morgan fingerprint density at radius 2 is 1.86 bits per heavy atom. The molecule has 86 valence electrons. The van der Waals surface area contributed by atoms with Crippen LogP contribution in [0.25, 0.3) is 0 Å². The van der Waals surface area contributed by atoms with Crippen molar-refractivity contribution >= 4 is 0 Å². The van der Waals surface area contributed by atoms with Crippen LogP contribution in [-0.2, 0) is 4.74 Å². The van der Waals surface area contributed by atoms with Crippen molar-refractivity contribution in [3.8, 4) is 0 Å². The Morgan fingerprint density at radius 3 is 2.29 bits per heavy atom. The highest BCUT2D eigenvalue weighted by Crippen LogP contribution is 2.14. The van der Waals surface area contributed by atoms with Crippen molar-refractivity contribution in [2.24, 2.45) is 0 Å². The largest absolute Gasteiger partial charge is 0.388 e. The van der Waals surface area contributed by atoms with E-state index in [4.69, 9.17) is 4.74 Å². The van der Waals surface area contributed by atoms with E-state index in [1.165, 1.54) is 0 Å². The molecule has 2 N–H and O–H groups in total. The zero-order valence-electron chi connectivity index (χ0n) is 9.97. The molecule has 0 aliphatic carbocycles. The van der Waals surface area contributed by atoms with Gasteiger partial charge in [-0.15, -0.1) is 0 Å². The first-order chi connectivity index (χ1) is 6.54. The first-order valence-corrected chi connectivity index (χ1v) is 5.57. The van der Waals surface area contributed by atoms with Crippen LogP contribution in [0.3, 0.4) is 0 Å². The quantitative estimate of drug-likeness (QED) is 0.588. The van der Waals surface area contributed by atoms with Gasteiger partial charge in [0.1, 0.15) is 0 Å². The van der Waals surface area contributed by atoms with E-state index in [1.807, 2.05) is 13.8 Å². The summed E-state index contributed by atoms with van der Waals surface area (Å²) < 4.78 is 5.42. The van der Waals surface area contributed by atoms with Crippen LogP contribution in [0.15, 0.2) is 0 Å². The Hall–Kier alpha value is -0.120. The molecule has 0 heterocycles. The summed E-state index contributed by atoms with van der Waals surface area (Å²) in [5.41, 5.74) is -0.627. The van der Waals surface area contributed by atoms with E-state index < -0.39 is 5.60 Å². The second kappa shape index (κ2) is 7.21. The van der Waals surface area contributed by atoms with Gasteiger partial charge in [-0.2, -0.15) is 0 Å². The molecule has 0 aliphatic rings. The van der Waals surface area contributed by atoms with Crippen LogP contribution in [0, 0.1) is 0 Å². The van der Waals surface area contributed by atoms with Gasteiger partial charge in [-0.3, -0.25) is 0 Å². The van der Waals surface area contributed by atoms with E-state index in [9.17, 15) is 5.11 Å². The van der Waals surface area contributed by atoms with Gasteiger partial charge in [0.25, 0.3) is 0 Å². The van der Waals surface area contributed by atoms with Crippen LogP contribution in [0.5, 0.6) is 0 Å². The molecule has 0 aromatic heterocycles. The van der Waals surface area contributed by atoms with Gasteiger partial charge in [-0.05, 0) is 12.8 Å². The van der Waals surface area contributed by atoms with Gasteiger partial charge in [0.2, 0.25) is 0 Å². The van der Waals surface area contributed by atoms with Gasteiger partial charge < -0.3 is 15.2 Å². The fourth-order valence-electron chi connectivity index (χ4n) is 1.14. The molecule has 0 saturated heterocycles. The SMILES string of the molecule is CCC(O)(CC)COCCNC(C)C. The number of rotatable bonds is 8. The number of aliphatic hydroxyl groups is 1. The Balaban J connectivity index is 3.43. The van der Waals surface area contributed by atoms with Crippen molar-refractivity contribution in [1.82, 2.24) is 5.32 Å². The zero-order valence-corrected chi connectivity index (χ0v) is 9.97. The summed E-state index contributed by atoms with van der Waals surface area (Å²) in [6.45, 7) is 10.1. The van der Waals surface area contributed by atoms with E-state index in [-0.39, 0.29) is 0 Å². The van der Waals surface area contributed by atoms with Gasteiger partial charge in [0.05, 0.1) is 18.8 Å². The van der Waals surface area contributed by atoms with Crippen molar-refractivity contribution in [1.29, 1.82) is 0 Å². The van der Waals surface area contributed by atoms with E-state index in [0.717, 1.165) is 19.4 Å². The molecule has 0 atom stereocenters. The highest BCUT2D eigenvalue weighted by molar-refractivity contribution is 4.73. The van der Waals surface area contributed by atoms with Crippen LogP contribution < -0.4 is 5.32 Å². The number of ether oxygens (including phenoxy) is 1. The Labute approximate surface area is 87.8 Å². The zero-order chi connectivity index (χ0) is 11.0. The maximum atomic E-state index is 9.89. The van der Waals surface area contributed by atoms with E-state index in [1.54, 1.807) is 0 Å². The summed E-state index contributed by atoms with van der Waals surface area (Å²) in [5.74, 6) is 0. The predicted octanol–water partition coefficient (Wildman–Crippen LogP) is 1.55. The summed E-state index contributed by atoms with van der Waals surface area (Å²) in [5, 5.41) is 13.2. The Morgan fingerprint density at radius 1 is 1.29 bits per heavy atom. The molecule has 0 rings (SSSR count). The van der Waals surface area contributed by atoms with Crippen LogP contribution in [0.2, 0.25) is 0 Å². The molecule has 0 amide bonds. The molecule has 3 heteroatoms. The normalized spacial score (nSPS) is 12.4. The fraction of sp³-hybridized carbons (Fsp3) is 1.00. The predicted molar refractivity (Wildman–Crippen MR) is 59.5 cm³/mol. The van der Waals surface area contributed by atoms with Gasteiger partial charge >= 0.3 is 0 Å². The molecule has 0 fully saturated rings. The van der Waals surface area contributed by atoms with Gasteiger partial charge in [-0.1, -0.05) is 27.7 Å². The van der Waals surface area contributed by atoms with Gasteiger partial charge in [-0.25, -0.2) is 0 Å². The van der Waals surface area contributed by atoms with Crippen LogP contribution in [0.4, 0.5) is 0 Å². The summed E-state index contributed by atoms with van der Waals surface area (Å²) in [7, 11) is 0. The van der Waals surface area contributed by atoms with Crippen molar-refractivity contribution in [2.75, 3.05) is 19.8 Å². The molecule has 0 aliphatic heterocycles. The molecule has 0 unspecified atom stereocenters.